The number of piperidine rings is 4. The molecule has 25 heteroatoms. The molecule has 434 valence electrons. The lowest BCUT2D eigenvalue weighted by molar-refractivity contribution is -0.135. The average molecular weight is 1150 g/mol. The fourth-order valence-electron chi connectivity index (χ4n) is 10.2. The quantitative estimate of drug-likeness (QED) is 0.0593. The van der Waals surface area contributed by atoms with Gasteiger partial charge in [-0.3, -0.25) is 74.0 Å². The van der Waals surface area contributed by atoms with Crippen molar-refractivity contribution in [2.45, 2.75) is 88.4 Å². The van der Waals surface area contributed by atoms with Crippen LogP contribution in [0.15, 0.2) is 116 Å². The van der Waals surface area contributed by atoms with Crippen LogP contribution in [0.5, 0.6) is 0 Å². The molecule has 4 aliphatic rings. The van der Waals surface area contributed by atoms with Gasteiger partial charge in [-0.25, -0.2) is 0 Å². The van der Waals surface area contributed by atoms with Gasteiger partial charge in [-0.2, -0.15) is 0 Å². The van der Waals surface area contributed by atoms with Crippen LogP contribution in [0.25, 0.3) is 43.9 Å². The highest BCUT2D eigenvalue weighted by Crippen LogP contribution is 2.38. The van der Waals surface area contributed by atoms with Crippen LogP contribution in [-0.2, 0) is 52.7 Å². The second kappa shape index (κ2) is 25.7. The Bertz CT molecular complexity index is 3640. The fourth-order valence-corrected chi connectivity index (χ4v) is 10.2. The fraction of sp³-hybridized carbons (Fsp3) is 0.271. The van der Waals surface area contributed by atoms with Crippen molar-refractivity contribution in [1.29, 1.82) is 0 Å². The minimum absolute atomic E-state index is 0.0783. The zero-order valence-corrected chi connectivity index (χ0v) is 45.2. The number of hydrogen-bond donors (Lipinski definition) is 10. The van der Waals surface area contributed by atoms with E-state index >= 15 is 0 Å². The third kappa shape index (κ3) is 13.4. The van der Waals surface area contributed by atoms with Gasteiger partial charge in [-0.05, 0) is 98.5 Å². The highest BCUT2D eigenvalue weighted by molar-refractivity contribution is 6.07. The molecule has 12 rings (SSSR count). The molecule has 4 fully saturated rings. The molecular formula is C59H58N10O15. The third-order valence-corrected chi connectivity index (χ3v) is 14.4. The number of imide groups is 4. The van der Waals surface area contributed by atoms with E-state index in [0.717, 1.165) is 32.7 Å². The van der Waals surface area contributed by atoms with E-state index in [1.54, 1.807) is 92.2 Å². The lowest BCUT2D eigenvalue weighted by Crippen LogP contribution is -2.39. The van der Waals surface area contributed by atoms with Crippen LogP contribution in [0, 0.1) is 0 Å². The Balaban J connectivity index is 0.000000135. The predicted molar refractivity (Wildman–Crippen MR) is 304 cm³/mol. The van der Waals surface area contributed by atoms with E-state index in [4.69, 9.17) is 34.9 Å². The number of nitrogens with one attached hydrogen (secondary N) is 7. The topological polar surface area (TPSA) is 403 Å². The number of carbonyl (C=O) groups excluding carboxylic acids is 11. The first-order valence-electron chi connectivity index (χ1n) is 26.8. The maximum Gasteiger partial charge on any atom is 0.238 e. The van der Waals surface area contributed by atoms with Crippen molar-refractivity contribution in [3.8, 4) is 0 Å². The summed E-state index contributed by atoms with van der Waals surface area (Å²) in [4.78, 5) is 127. The van der Waals surface area contributed by atoms with Crippen LogP contribution in [0.2, 0.25) is 0 Å². The zero-order chi connectivity index (χ0) is 59.8. The summed E-state index contributed by atoms with van der Waals surface area (Å²) < 4.78 is 21.8. The summed E-state index contributed by atoms with van der Waals surface area (Å²) in [6.07, 6.45) is 9.69. The number of hydrogen-bond acceptors (Lipinski definition) is 18. The molecule has 0 aliphatic carbocycles. The van der Waals surface area contributed by atoms with Crippen LogP contribution < -0.4 is 54.4 Å². The molecule has 0 saturated carbocycles. The molecule has 8 aromatic rings. The smallest absolute Gasteiger partial charge is 0.238 e. The van der Waals surface area contributed by atoms with Crippen LogP contribution in [-0.4, -0.2) is 78.1 Å². The second-order valence-corrected chi connectivity index (χ2v) is 20.1. The van der Waals surface area contributed by atoms with Crippen molar-refractivity contribution in [3.63, 3.8) is 0 Å². The van der Waals surface area contributed by atoms with E-state index in [-0.39, 0.29) is 84.0 Å². The second-order valence-electron chi connectivity index (χ2n) is 20.1. The number of furan rings is 4. The summed E-state index contributed by atoms with van der Waals surface area (Å²) in [6.45, 7) is 1.56. The van der Waals surface area contributed by atoms with E-state index in [1.165, 1.54) is 12.5 Å². The summed E-state index contributed by atoms with van der Waals surface area (Å²) in [6, 6.07) is 21.0. The largest absolute Gasteiger partial charge is 0.464 e. The molecular weight excluding hydrogens is 1090 g/mol. The SMILES string of the molecule is CCC(=O)Nc1ccc2occ(C3CCC(=O)NC3=O)c2c1.NCC(=O)Nc1ccc2occ(C3CCC(=O)NC3=O)c2c1.NCC(=O)Nc1ccc2occ(C3CCC(=O)NC3=O)c2c1.Nc1ccc2occ(C3CCC(=O)NC3=O)c2c1. The molecule has 4 aromatic heterocycles. The van der Waals surface area contributed by atoms with E-state index in [1.807, 2.05) is 0 Å². The van der Waals surface area contributed by atoms with Crippen molar-refractivity contribution in [2.75, 3.05) is 34.8 Å². The Hall–Kier alpha value is -10.3. The Morgan fingerprint density at radius 2 is 0.702 bits per heavy atom. The number of amides is 11. The number of anilines is 4. The van der Waals surface area contributed by atoms with Gasteiger partial charge in [-0.15, -0.1) is 0 Å². The molecule has 4 aliphatic heterocycles. The van der Waals surface area contributed by atoms with Gasteiger partial charge in [0.25, 0.3) is 0 Å². The van der Waals surface area contributed by atoms with Crippen LogP contribution in [0.4, 0.5) is 22.7 Å². The van der Waals surface area contributed by atoms with Gasteiger partial charge in [0.05, 0.1) is 61.8 Å². The van der Waals surface area contributed by atoms with Crippen LogP contribution in [0.3, 0.4) is 0 Å². The Morgan fingerprint density at radius 1 is 0.429 bits per heavy atom. The average Bonchev–Trinajstić information content (AvgIpc) is 4.06. The number of nitrogens with two attached hydrogens (primary N) is 3. The van der Waals surface area contributed by atoms with Gasteiger partial charge >= 0.3 is 0 Å². The molecule has 4 atom stereocenters. The molecule has 0 bridgehead atoms. The standard InChI is InChI=1S/C16H16N2O4.2C15H15N3O4.C13H12N2O3/c1-2-14(19)17-9-3-5-13-11(7-9)12(8-22-13)10-4-6-15(20)18-16(10)21;2*16-6-14(20)17-8-1-3-12-10(5-8)11(7-22-12)9-2-4-13(19)18-15(9)21;14-7-1-3-11-9(5-7)10(6-18-11)8-2-4-12(16)15-13(8)17/h3,5,7-8,10H,2,4,6H2,1H3,(H,17,19)(H,18,20,21);2*1,3,5,7,9H,2,4,6,16H2,(H,17,20)(H,18,19,21);1,3,5-6,8H,2,4,14H2,(H,15,16,17). The number of benzene rings is 4. The van der Waals surface area contributed by atoms with Crippen LogP contribution >= 0.6 is 0 Å². The van der Waals surface area contributed by atoms with E-state index in [0.29, 0.717) is 114 Å². The maximum atomic E-state index is 12.0. The maximum absolute atomic E-state index is 12.0. The number of rotatable bonds is 10. The molecule has 4 saturated heterocycles. The van der Waals surface area contributed by atoms with Crippen molar-refractivity contribution in [1.82, 2.24) is 21.3 Å². The molecule has 25 nitrogen and oxygen atoms in total. The third-order valence-electron chi connectivity index (χ3n) is 14.4. The van der Waals surface area contributed by atoms with Gasteiger partial charge in [0.2, 0.25) is 65.0 Å². The van der Waals surface area contributed by atoms with Crippen molar-refractivity contribution in [3.05, 3.63) is 120 Å². The predicted octanol–water partition coefficient (Wildman–Crippen LogP) is 5.54. The van der Waals surface area contributed by atoms with Gasteiger partial charge in [0.1, 0.15) is 22.3 Å². The lowest BCUT2D eigenvalue weighted by atomic mass is 9.90. The normalized spacial score (nSPS) is 18.7. The Labute approximate surface area is 476 Å². The first-order valence-corrected chi connectivity index (χ1v) is 26.8. The molecule has 4 aromatic carbocycles. The van der Waals surface area contributed by atoms with Gasteiger partial charge in [0, 0.05) is 98.7 Å². The van der Waals surface area contributed by atoms with Crippen molar-refractivity contribution in [2.24, 2.45) is 11.5 Å². The lowest BCUT2D eigenvalue weighted by Gasteiger charge is -2.19. The van der Waals surface area contributed by atoms with E-state index < -0.39 is 17.8 Å². The summed E-state index contributed by atoms with van der Waals surface area (Å²) in [5.41, 5.74) is 24.3. The Kier molecular flexibility index (Phi) is 17.8. The van der Waals surface area contributed by atoms with E-state index in [9.17, 15) is 52.7 Å². The van der Waals surface area contributed by atoms with Crippen molar-refractivity contribution < 1.29 is 70.4 Å². The first-order chi connectivity index (χ1) is 40.4. The molecule has 4 unspecified atom stereocenters. The number of nitrogen functional groups attached to an aromatic ring is 1. The summed E-state index contributed by atoms with van der Waals surface area (Å²) in [7, 11) is 0. The highest BCUT2D eigenvalue weighted by atomic mass is 16.3. The molecule has 11 amide bonds. The molecule has 0 radical (unpaired) electrons. The summed E-state index contributed by atoms with van der Waals surface area (Å²) in [5, 5.41) is 20.6. The molecule has 0 spiro atoms. The van der Waals surface area contributed by atoms with Gasteiger partial charge < -0.3 is 50.8 Å². The summed E-state index contributed by atoms with van der Waals surface area (Å²) >= 11 is 0. The number of carbonyl (C=O) groups is 11. The molecule has 84 heavy (non-hydrogen) atoms. The highest BCUT2D eigenvalue weighted by Gasteiger charge is 2.34. The van der Waals surface area contributed by atoms with Gasteiger partial charge in [0.15, 0.2) is 0 Å². The minimum Gasteiger partial charge on any atom is -0.464 e. The molecule has 8 heterocycles. The monoisotopic (exact) mass is 1150 g/mol. The Morgan fingerprint density at radius 3 is 0.976 bits per heavy atom. The van der Waals surface area contributed by atoms with Crippen LogP contribution in [0.1, 0.15) is 111 Å². The minimum atomic E-state index is -0.431. The van der Waals surface area contributed by atoms with Gasteiger partial charge in [-0.1, -0.05) is 6.92 Å². The summed E-state index contributed by atoms with van der Waals surface area (Å²) in [5.74, 6) is -4.49. The van der Waals surface area contributed by atoms with E-state index in [2.05, 4.69) is 37.2 Å². The number of fused-ring (bicyclic) bond motifs is 4. The first kappa shape index (κ1) is 58.4. The zero-order valence-electron chi connectivity index (χ0n) is 45.2. The molecule has 13 N–H and O–H groups in total. The van der Waals surface area contributed by atoms with Crippen molar-refractivity contribution >= 4 is 132 Å².